The predicted molar refractivity (Wildman–Crippen MR) is 86.5 cm³/mol. The standard InChI is InChI=1S/C13H18BrN3O4S/c1-3-21-13(18)11-7-12(16-15-11)22(19,20)17-9-4-5-10(14)8(2)6-9/h4-6,11-12,15-17H,3,7H2,1-2H3. The molecule has 0 spiro atoms. The van der Waals surface area contributed by atoms with E-state index in [0.29, 0.717) is 5.69 Å². The summed E-state index contributed by atoms with van der Waals surface area (Å²) in [5, 5.41) is -0.911. The lowest BCUT2D eigenvalue weighted by molar-refractivity contribution is -0.145. The van der Waals surface area contributed by atoms with Gasteiger partial charge in [0.25, 0.3) is 0 Å². The number of sulfonamides is 1. The largest absolute Gasteiger partial charge is 0.465 e. The van der Waals surface area contributed by atoms with E-state index in [4.69, 9.17) is 4.74 Å². The third-order valence-corrected chi connectivity index (χ3v) is 5.70. The van der Waals surface area contributed by atoms with Crippen LogP contribution in [0.4, 0.5) is 5.69 Å². The first-order valence-corrected chi connectivity index (χ1v) is 9.13. The summed E-state index contributed by atoms with van der Waals surface area (Å²) in [7, 11) is -3.67. The van der Waals surface area contributed by atoms with Crippen LogP contribution in [0.5, 0.6) is 0 Å². The van der Waals surface area contributed by atoms with Gasteiger partial charge in [0.2, 0.25) is 10.0 Å². The Balaban J connectivity index is 2.05. The molecule has 1 aliphatic rings. The van der Waals surface area contributed by atoms with E-state index in [1.54, 1.807) is 25.1 Å². The number of hydrogen-bond donors (Lipinski definition) is 3. The Morgan fingerprint density at radius 1 is 1.45 bits per heavy atom. The summed E-state index contributed by atoms with van der Waals surface area (Å²) in [6, 6.07) is 4.50. The Morgan fingerprint density at radius 3 is 2.82 bits per heavy atom. The summed E-state index contributed by atoms with van der Waals surface area (Å²) < 4.78 is 33.0. The summed E-state index contributed by atoms with van der Waals surface area (Å²) in [6.45, 7) is 3.82. The lowest BCUT2D eigenvalue weighted by Gasteiger charge is -2.14. The average Bonchev–Trinajstić information content (AvgIpc) is 2.93. The van der Waals surface area contributed by atoms with Gasteiger partial charge in [-0.05, 0) is 37.6 Å². The first-order chi connectivity index (χ1) is 10.3. The number of nitrogens with one attached hydrogen (secondary N) is 3. The molecule has 2 rings (SSSR count). The smallest absolute Gasteiger partial charge is 0.324 e. The summed E-state index contributed by atoms with van der Waals surface area (Å²) in [5.41, 5.74) is 6.67. The van der Waals surface area contributed by atoms with E-state index >= 15 is 0 Å². The number of carbonyl (C=O) groups is 1. The zero-order valence-corrected chi connectivity index (χ0v) is 14.6. The van der Waals surface area contributed by atoms with E-state index in [2.05, 4.69) is 31.5 Å². The molecule has 9 heteroatoms. The second-order valence-electron chi connectivity index (χ2n) is 4.93. The van der Waals surface area contributed by atoms with Crippen LogP contribution in [-0.4, -0.2) is 32.4 Å². The number of benzene rings is 1. The van der Waals surface area contributed by atoms with Crippen molar-refractivity contribution in [2.24, 2.45) is 0 Å². The molecule has 1 aromatic carbocycles. The number of hydrazine groups is 1. The molecule has 7 nitrogen and oxygen atoms in total. The molecule has 1 heterocycles. The molecule has 0 aromatic heterocycles. The van der Waals surface area contributed by atoms with E-state index in [-0.39, 0.29) is 13.0 Å². The molecule has 1 fully saturated rings. The van der Waals surface area contributed by atoms with Crippen LogP contribution < -0.4 is 15.6 Å². The maximum absolute atomic E-state index is 12.3. The van der Waals surface area contributed by atoms with Gasteiger partial charge < -0.3 is 4.74 Å². The molecular weight excluding hydrogens is 374 g/mol. The molecule has 0 bridgehead atoms. The molecule has 22 heavy (non-hydrogen) atoms. The Labute approximate surface area is 138 Å². The highest BCUT2D eigenvalue weighted by Crippen LogP contribution is 2.22. The van der Waals surface area contributed by atoms with Crippen molar-refractivity contribution in [1.29, 1.82) is 0 Å². The van der Waals surface area contributed by atoms with Crippen molar-refractivity contribution >= 4 is 37.6 Å². The third kappa shape index (κ3) is 3.97. The second-order valence-corrected chi connectivity index (χ2v) is 7.65. The number of esters is 1. The van der Waals surface area contributed by atoms with E-state index in [1.165, 1.54) is 0 Å². The molecule has 3 N–H and O–H groups in total. The lowest BCUT2D eigenvalue weighted by Crippen LogP contribution is -2.41. The number of aryl methyl sites for hydroxylation is 1. The predicted octanol–water partition coefficient (Wildman–Crippen LogP) is 1.25. The number of carbonyl (C=O) groups excluding carboxylic acids is 1. The molecule has 1 saturated heterocycles. The SMILES string of the molecule is CCOC(=O)C1CC(S(=O)(=O)Nc2ccc(Br)c(C)c2)NN1. The molecule has 0 aliphatic carbocycles. The maximum atomic E-state index is 12.3. The zero-order valence-electron chi connectivity index (χ0n) is 12.2. The molecule has 1 aromatic rings. The van der Waals surface area contributed by atoms with Gasteiger partial charge in [0.05, 0.1) is 6.61 Å². The number of ether oxygens (including phenoxy) is 1. The van der Waals surface area contributed by atoms with Crippen molar-refractivity contribution < 1.29 is 17.9 Å². The maximum Gasteiger partial charge on any atom is 0.324 e. The van der Waals surface area contributed by atoms with Crippen molar-refractivity contribution in [1.82, 2.24) is 10.9 Å². The van der Waals surface area contributed by atoms with Gasteiger partial charge in [0.1, 0.15) is 11.4 Å². The number of halogens is 1. The van der Waals surface area contributed by atoms with Crippen LogP contribution in [-0.2, 0) is 19.6 Å². The normalized spacial score (nSPS) is 21.6. The molecule has 122 valence electrons. The van der Waals surface area contributed by atoms with Gasteiger partial charge in [0.15, 0.2) is 0 Å². The van der Waals surface area contributed by atoms with E-state index in [0.717, 1.165) is 10.0 Å². The minimum atomic E-state index is -3.67. The van der Waals surface area contributed by atoms with Crippen LogP contribution in [0.25, 0.3) is 0 Å². The first kappa shape index (κ1) is 17.2. The van der Waals surface area contributed by atoms with Crippen molar-refractivity contribution in [3.05, 3.63) is 28.2 Å². The highest BCUT2D eigenvalue weighted by atomic mass is 79.9. The summed E-state index contributed by atoms with van der Waals surface area (Å²) in [6.07, 6.45) is 0.101. The zero-order chi connectivity index (χ0) is 16.3. The van der Waals surface area contributed by atoms with E-state index in [9.17, 15) is 13.2 Å². The highest BCUT2D eigenvalue weighted by molar-refractivity contribution is 9.10. The Hall–Kier alpha value is -1.16. The van der Waals surface area contributed by atoms with Gasteiger partial charge in [-0.15, -0.1) is 0 Å². The van der Waals surface area contributed by atoms with Crippen LogP contribution >= 0.6 is 15.9 Å². The summed E-state index contributed by atoms with van der Waals surface area (Å²) in [5.74, 6) is -0.466. The second kappa shape index (κ2) is 6.95. The van der Waals surface area contributed by atoms with Gasteiger partial charge in [-0.3, -0.25) is 9.52 Å². The Bertz CT molecular complexity index is 665. The number of rotatable bonds is 5. The van der Waals surface area contributed by atoms with Gasteiger partial charge in [-0.2, -0.15) is 0 Å². The van der Waals surface area contributed by atoms with Gasteiger partial charge in [-0.1, -0.05) is 15.9 Å². The molecule has 2 unspecified atom stereocenters. The monoisotopic (exact) mass is 391 g/mol. The van der Waals surface area contributed by atoms with Crippen molar-refractivity contribution in [3.63, 3.8) is 0 Å². The van der Waals surface area contributed by atoms with Crippen LogP contribution in [0, 0.1) is 6.92 Å². The summed E-state index contributed by atoms with van der Waals surface area (Å²) in [4.78, 5) is 11.6. The summed E-state index contributed by atoms with van der Waals surface area (Å²) >= 11 is 3.36. The first-order valence-electron chi connectivity index (χ1n) is 6.79. The van der Waals surface area contributed by atoms with Gasteiger partial charge in [0, 0.05) is 16.6 Å². The van der Waals surface area contributed by atoms with E-state index < -0.39 is 27.4 Å². The van der Waals surface area contributed by atoms with Crippen LogP contribution in [0.1, 0.15) is 18.9 Å². The molecule has 1 aliphatic heterocycles. The number of hydrogen-bond acceptors (Lipinski definition) is 6. The van der Waals surface area contributed by atoms with Crippen LogP contribution in [0.3, 0.4) is 0 Å². The fourth-order valence-corrected chi connectivity index (χ4v) is 3.58. The lowest BCUT2D eigenvalue weighted by atomic mass is 10.2. The molecule has 0 radical (unpaired) electrons. The van der Waals surface area contributed by atoms with Gasteiger partial charge in [-0.25, -0.2) is 19.3 Å². The molecular formula is C13H18BrN3O4S. The fraction of sp³-hybridized carbons (Fsp3) is 0.462. The third-order valence-electron chi connectivity index (χ3n) is 3.23. The average molecular weight is 392 g/mol. The highest BCUT2D eigenvalue weighted by Gasteiger charge is 2.37. The molecule has 2 atom stereocenters. The Morgan fingerprint density at radius 2 is 2.18 bits per heavy atom. The topological polar surface area (TPSA) is 96.5 Å². The van der Waals surface area contributed by atoms with Crippen LogP contribution in [0.2, 0.25) is 0 Å². The molecule has 0 saturated carbocycles. The quantitative estimate of drug-likeness (QED) is 0.653. The molecule has 0 amide bonds. The van der Waals surface area contributed by atoms with Gasteiger partial charge >= 0.3 is 5.97 Å². The van der Waals surface area contributed by atoms with Crippen LogP contribution in [0.15, 0.2) is 22.7 Å². The fourth-order valence-electron chi connectivity index (χ4n) is 2.07. The Kier molecular flexibility index (Phi) is 5.43. The number of anilines is 1. The van der Waals surface area contributed by atoms with Crippen molar-refractivity contribution in [3.8, 4) is 0 Å². The van der Waals surface area contributed by atoms with E-state index in [1.807, 2.05) is 6.92 Å². The minimum Gasteiger partial charge on any atom is -0.465 e. The van der Waals surface area contributed by atoms with Crippen molar-refractivity contribution in [2.75, 3.05) is 11.3 Å². The minimum absolute atomic E-state index is 0.101. The van der Waals surface area contributed by atoms with Crippen molar-refractivity contribution in [2.45, 2.75) is 31.7 Å².